The number of thiophene rings is 1. The Balaban J connectivity index is 1.62. The smallest absolute Gasteiger partial charge is 0.261 e. The van der Waals surface area contributed by atoms with Crippen LogP contribution in [0.5, 0.6) is 0 Å². The molecule has 154 valence electrons. The number of aryl methyl sites for hydroxylation is 1. The zero-order valence-corrected chi connectivity index (χ0v) is 17.6. The van der Waals surface area contributed by atoms with Gasteiger partial charge in [-0.05, 0) is 48.9 Å². The van der Waals surface area contributed by atoms with E-state index in [1.165, 1.54) is 23.9 Å². The Morgan fingerprint density at radius 1 is 1.31 bits per heavy atom. The van der Waals surface area contributed by atoms with E-state index in [9.17, 15) is 4.79 Å². The van der Waals surface area contributed by atoms with Gasteiger partial charge in [-0.3, -0.25) is 14.4 Å². The molecule has 0 bridgehead atoms. The van der Waals surface area contributed by atoms with E-state index >= 15 is 0 Å². The summed E-state index contributed by atoms with van der Waals surface area (Å²) in [4.78, 5) is 16.1. The minimum atomic E-state index is -0.0794. The second-order valence-electron chi connectivity index (χ2n) is 7.66. The van der Waals surface area contributed by atoms with Crippen molar-refractivity contribution in [2.45, 2.75) is 38.3 Å². The fourth-order valence-corrected chi connectivity index (χ4v) is 5.38. The van der Waals surface area contributed by atoms with Crippen molar-refractivity contribution < 1.29 is 9.90 Å². The molecule has 4 rings (SSSR count). The number of amides is 1. The molecule has 3 aromatic rings. The lowest BCUT2D eigenvalue weighted by Gasteiger charge is -2.36. The molecule has 2 N–H and O–H groups in total. The topological polar surface area (TPSA) is 70.4 Å². The maximum Gasteiger partial charge on any atom is 0.261 e. The van der Waals surface area contributed by atoms with Gasteiger partial charge in [0.1, 0.15) is 0 Å². The number of benzene rings is 1. The largest absolute Gasteiger partial charge is 0.395 e. The van der Waals surface area contributed by atoms with Gasteiger partial charge in [0.25, 0.3) is 5.91 Å². The molecular weight excluding hydrogens is 384 g/mol. The van der Waals surface area contributed by atoms with E-state index in [2.05, 4.69) is 33.5 Å². The molecule has 0 spiro atoms. The second-order valence-corrected chi connectivity index (χ2v) is 8.71. The molecule has 1 saturated heterocycles. The molecule has 1 amide bonds. The van der Waals surface area contributed by atoms with Crippen LogP contribution in [0.3, 0.4) is 0 Å². The van der Waals surface area contributed by atoms with Crippen molar-refractivity contribution in [2.75, 3.05) is 19.7 Å². The van der Waals surface area contributed by atoms with Crippen molar-refractivity contribution in [3.8, 4) is 0 Å². The number of hydrogen-bond donors (Lipinski definition) is 2. The van der Waals surface area contributed by atoms with Gasteiger partial charge in [-0.2, -0.15) is 5.10 Å². The Hall–Kier alpha value is -2.22. The first kappa shape index (κ1) is 20.1. The Morgan fingerprint density at radius 3 is 2.97 bits per heavy atom. The average molecular weight is 413 g/mol. The van der Waals surface area contributed by atoms with Gasteiger partial charge in [0.2, 0.25) is 0 Å². The van der Waals surface area contributed by atoms with Gasteiger partial charge in [-0.1, -0.05) is 24.6 Å². The lowest BCUT2D eigenvalue weighted by atomic mass is 9.93. The number of likely N-dealkylation sites (tertiary alicyclic amines) is 1. The van der Waals surface area contributed by atoms with E-state index in [0.29, 0.717) is 6.04 Å². The number of nitrogens with zero attached hydrogens (tertiary/aromatic N) is 3. The molecule has 6 nitrogen and oxygen atoms in total. The number of carbonyl (C=O) groups is 1. The third-order valence-electron chi connectivity index (χ3n) is 5.78. The highest BCUT2D eigenvalue weighted by Gasteiger charge is 2.27. The quantitative estimate of drug-likeness (QED) is 0.626. The van der Waals surface area contributed by atoms with Crippen LogP contribution < -0.4 is 5.32 Å². The Labute approximate surface area is 175 Å². The van der Waals surface area contributed by atoms with Crippen LogP contribution in [0, 0.1) is 0 Å². The second kappa shape index (κ2) is 9.07. The van der Waals surface area contributed by atoms with Crippen molar-refractivity contribution in [1.29, 1.82) is 0 Å². The Morgan fingerprint density at radius 2 is 2.17 bits per heavy atom. The van der Waals surface area contributed by atoms with Crippen LogP contribution >= 0.6 is 11.3 Å². The SMILES string of the molecule is Cn1nccc1CN1CCCC[C@@H]1Cc1c(C(=O)NCCO)sc2ccccc12. The van der Waals surface area contributed by atoms with E-state index in [1.807, 2.05) is 30.1 Å². The molecule has 0 unspecified atom stereocenters. The monoisotopic (exact) mass is 412 g/mol. The molecule has 29 heavy (non-hydrogen) atoms. The molecular formula is C22H28N4O2S. The molecule has 0 aliphatic carbocycles. The summed E-state index contributed by atoms with van der Waals surface area (Å²) in [6.07, 6.45) is 6.29. The summed E-state index contributed by atoms with van der Waals surface area (Å²) in [5, 5.41) is 17.4. The number of nitrogens with one attached hydrogen (secondary N) is 1. The number of aliphatic hydroxyl groups is 1. The first-order valence-corrected chi connectivity index (χ1v) is 11.1. The summed E-state index contributed by atoms with van der Waals surface area (Å²) in [5.74, 6) is -0.0794. The van der Waals surface area contributed by atoms with Crippen LogP contribution in [0.2, 0.25) is 0 Å². The first-order valence-electron chi connectivity index (χ1n) is 10.3. The van der Waals surface area contributed by atoms with Gasteiger partial charge < -0.3 is 10.4 Å². The lowest BCUT2D eigenvalue weighted by Crippen LogP contribution is -2.41. The molecule has 1 aromatic carbocycles. The maximum absolute atomic E-state index is 12.8. The number of hydrogen-bond acceptors (Lipinski definition) is 5. The molecule has 0 radical (unpaired) electrons. The summed E-state index contributed by atoms with van der Waals surface area (Å²) in [6, 6.07) is 10.8. The fraction of sp³-hybridized carbons (Fsp3) is 0.455. The van der Waals surface area contributed by atoms with Crippen molar-refractivity contribution in [3.05, 3.63) is 52.7 Å². The highest BCUT2D eigenvalue weighted by atomic mass is 32.1. The normalized spacial score (nSPS) is 17.7. The Kier molecular flexibility index (Phi) is 6.28. The van der Waals surface area contributed by atoms with Crippen molar-refractivity contribution >= 4 is 27.3 Å². The van der Waals surface area contributed by atoms with Crippen molar-refractivity contribution in [2.24, 2.45) is 7.05 Å². The number of aliphatic hydroxyl groups excluding tert-OH is 1. The highest BCUT2D eigenvalue weighted by molar-refractivity contribution is 7.21. The fourth-order valence-electron chi connectivity index (χ4n) is 4.23. The third kappa shape index (κ3) is 4.37. The zero-order valence-electron chi connectivity index (χ0n) is 16.8. The van der Waals surface area contributed by atoms with Crippen LogP contribution in [0.4, 0.5) is 0 Å². The third-order valence-corrected chi connectivity index (χ3v) is 6.99. The molecule has 1 aliphatic rings. The van der Waals surface area contributed by atoms with Gasteiger partial charge in [-0.25, -0.2) is 0 Å². The predicted octanol–water partition coefficient (Wildman–Crippen LogP) is 2.95. The van der Waals surface area contributed by atoms with E-state index in [0.717, 1.165) is 41.1 Å². The van der Waals surface area contributed by atoms with Gasteiger partial charge in [0, 0.05) is 37.1 Å². The predicted molar refractivity (Wildman–Crippen MR) is 116 cm³/mol. The van der Waals surface area contributed by atoms with Crippen molar-refractivity contribution in [1.82, 2.24) is 20.0 Å². The summed E-state index contributed by atoms with van der Waals surface area (Å²) in [5.41, 5.74) is 2.36. The minimum absolute atomic E-state index is 0.0485. The highest BCUT2D eigenvalue weighted by Crippen LogP contribution is 2.34. The van der Waals surface area contributed by atoms with Gasteiger partial charge in [0.05, 0.1) is 17.2 Å². The zero-order chi connectivity index (χ0) is 20.2. The van der Waals surface area contributed by atoms with Crippen LogP contribution in [0.15, 0.2) is 36.5 Å². The number of aromatic nitrogens is 2. The summed E-state index contributed by atoms with van der Waals surface area (Å²) in [7, 11) is 1.99. The van der Waals surface area contributed by atoms with E-state index < -0.39 is 0 Å². The van der Waals surface area contributed by atoms with E-state index in [-0.39, 0.29) is 19.1 Å². The van der Waals surface area contributed by atoms with Gasteiger partial charge in [0.15, 0.2) is 0 Å². The van der Waals surface area contributed by atoms with Crippen LogP contribution in [0.1, 0.15) is 40.2 Å². The summed E-state index contributed by atoms with van der Waals surface area (Å²) in [6.45, 7) is 2.19. The molecule has 0 saturated carbocycles. The lowest BCUT2D eigenvalue weighted by molar-refractivity contribution is 0.0946. The van der Waals surface area contributed by atoms with Crippen LogP contribution in [-0.4, -0.2) is 51.4 Å². The number of rotatable bonds is 7. The van der Waals surface area contributed by atoms with Crippen molar-refractivity contribution in [3.63, 3.8) is 0 Å². The molecule has 2 aromatic heterocycles. The number of piperidine rings is 1. The number of carbonyl (C=O) groups excluding carboxylic acids is 1. The molecule has 7 heteroatoms. The van der Waals surface area contributed by atoms with Crippen LogP contribution in [0.25, 0.3) is 10.1 Å². The van der Waals surface area contributed by atoms with E-state index in [4.69, 9.17) is 5.11 Å². The average Bonchev–Trinajstić information content (AvgIpc) is 3.31. The first-order chi connectivity index (χ1) is 14.2. The minimum Gasteiger partial charge on any atom is -0.395 e. The van der Waals surface area contributed by atoms with Crippen LogP contribution in [-0.2, 0) is 20.0 Å². The molecule has 1 fully saturated rings. The standard InChI is InChI=1S/C22H28N4O2S/c1-25-17(9-10-24-25)15-26-12-5-4-6-16(26)14-19-18-7-2-3-8-20(18)29-21(19)22(28)23-11-13-27/h2-3,7-10,16,27H,4-6,11-15H2,1H3,(H,23,28)/t16-/m1/s1. The van der Waals surface area contributed by atoms with Gasteiger partial charge >= 0.3 is 0 Å². The summed E-state index contributed by atoms with van der Waals surface area (Å²) >= 11 is 1.55. The Bertz CT molecular complexity index is 980. The van der Waals surface area contributed by atoms with Gasteiger partial charge in [-0.15, -0.1) is 11.3 Å². The van der Waals surface area contributed by atoms with E-state index in [1.54, 1.807) is 11.3 Å². The maximum atomic E-state index is 12.8. The molecule has 1 atom stereocenters. The molecule has 1 aliphatic heterocycles. The summed E-state index contributed by atoms with van der Waals surface area (Å²) < 4.78 is 3.09. The molecule has 3 heterocycles. The number of fused-ring (bicyclic) bond motifs is 1.